The van der Waals surface area contributed by atoms with Crippen LogP contribution in [0.1, 0.15) is 24.9 Å². The standard InChI is InChI=1S/C14H18ClN3S/c1-2-7-18-9-11(8-17-18)14(16)10-19-13-5-3-12(15)4-6-13/h3-6,8-9,14H,2,7,10,16H2,1H3. The lowest BCUT2D eigenvalue weighted by molar-refractivity contribution is 0.601. The van der Waals surface area contributed by atoms with Crippen LogP contribution < -0.4 is 5.73 Å². The zero-order valence-corrected chi connectivity index (χ0v) is 12.5. The van der Waals surface area contributed by atoms with E-state index in [4.69, 9.17) is 17.3 Å². The molecule has 2 aromatic rings. The summed E-state index contributed by atoms with van der Waals surface area (Å²) < 4.78 is 1.95. The Morgan fingerprint density at radius 1 is 1.37 bits per heavy atom. The summed E-state index contributed by atoms with van der Waals surface area (Å²) in [6.45, 7) is 3.08. The number of aryl methyl sites for hydroxylation is 1. The third-order valence-corrected chi connectivity index (χ3v) is 4.16. The van der Waals surface area contributed by atoms with Crippen LogP contribution in [-0.4, -0.2) is 15.5 Å². The molecule has 1 unspecified atom stereocenters. The molecule has 1 aromatic heterocycles. The molecular formula is C14H18ClN3S. The molecule has 0 aliphatic heterocycles. The van der Waals surface area contributed by atoms with Gasteiger partial charge in [-0.3, -0.25) is 4.68 Å². The monoisotopic (exact) mass is 295 g/mol. The summed E-state index contributed by atoms with van der Waals surface area (Å²) >= 11 is 7.59. The first-order valence-corrected chi connectivity index (χ1v) is 7.71. The molecule has 0 radical (unpaired) electrons. The second-order valence-electron chi connectivity index (χ2n) is 4.41. The zero-order valence-electron chi connectivity index (χ0n) is 10.9. The highest BCUT2D eigenvalue weighted by Crippen LogP contribution is 2.24. The first kappa shape index (κ1) is 14.4. The molecule has 19 heavy (non-hydrogen) atoms. The van der Waals surface area contributed by atoms with E-state index in [0.717, 1.165) is 29.3 Å². The number of rotatable bonds is 6. The largest absolute Gasteiger partial charge is 0.323 e. The smallest absolute Gasteiger partial charge is 0.0537 e. The van der Waals surface area contributed by atoms with Crippen LogP contribution in [0.15, 0.2) is 41.6 Å². The lowest BCUT2D eigenvalue weighted by atomic mass is 10.2. The van der Waals surface area contributed by atoms with E-state index < -0.39 is 0 Å². The van der Waals surface area contributed by atoms with Crippen molar-refractivity contribution >= 4 is 23.4 Å². The molecule has 0 saturated carbocycles. The summed E-state index contributed by atoms with van der Waals surface area (Å²) in [6.07, 6.45) is 4.98. The van der Waals surface area contributed by atoms with Gasteiger partial charge in [-0.2, -0.15) is 5.10 Å². The van der Waals surface area contributed by atoms with Crippen molar-refractivity contribution in [2.75, 3.05) is 5.75 Å². The third kappa shape index (κ3) is 4.27. The van der Waals surface area contributed by atoms with Crippen LogP contribution in [0.25, 0.3) is 0 Å². The van der Waals surface area contributed by atoms with E-state index in [-0.39, 0.29) is 6.04 Å². The van der Waals surface area contributed by atoms with Crippen molar-refractivity contribution in [3.8, 4) is 0 Å². The third-order valence-electron chi connectivity index (χ3n) is 2.78. The van der Waals surface area contributed by atoms with Crippen molar-refractivity contribution in [3.05, 3.63) is 47.2 Å². The Balaban J connectivity index is 1.89. The second kappa shape index (κ2) is 6.98. The van der Waals surface area contributed by atoms with Crippen molar-refractivity contribution in [1.82, 2.24) is 9.78 Å². The minimum Gasteiger partial charge on any atom is -0.323 e. The SMILES string of the molecule is CCCn1cc(C(N)CSc2ccc(Cl)cc2)cn1. The Morgan fingerprint density at radius 2 is 2.11 bits per heavy atom. The molecule has 1 atom stereocenters. The van der Waals surface area contributed by atoms with Gasteiger partial charge in [-0.25, -0.2) is 0 Å². The number of nitrogens with zero attached hydrogens (tertiary/aromatic N) is 2. The summed E-state index contributed by atoms with van der Waals surface area (Å²) in [6, 6.07) is 7.83. The zero-order chi connectivity index (χ0) is 13.7. The maximum absolute atomic E-state index is 6.18. The predicted octanol–water partition coefficient (Wildman–Crippen LogP) is 3.74. The minimum absolute atomic E-state index is 0.00582. The molecule has 3 nitrogen and oxygen atoms in total. The van der Waals surface area contributed by atoms with Crippen molar-refractivity contribution in [2.24, 2.45) is 5.73 Å². The van der Waals surface area contributed by atoms with E-state index in [0.29, 0.717) is 0 Å². The predicted molar refractivity (Wildman–Crippen MR) is 81.6 cm³/mol. The van der Waals surface area contributed by atoms with Crippen LogP contribution >= 0.6 is 23.4 Å². The maximum atomic E-state index is 6.18. The molecule has 0 amide bonds. The number of thioether (sulfide) groups is 1. The molecule has 0 spiro atoms. The van der Waals surface area contributed by atoms with E-state index in [9.17, 15) is 0 Å². The molecular weight excluding hydrogens is 278 g/mol. The summed E-state index contributed by atoms with van der Waals surface area (Å²) in [4.78, 5) is 1.18. The van der Waals surface area contributed by atoms with Crippen molar-refractivity contribution in [1.29, 1.82) is 0 Å². The van der Waals surface area contributed by atoms with Crippen molar-refractivity contribution < 1.29 is 0 Å². The molecule has 0 aliphatic carbocycles. The Bertz CT molecular complexity index is 510. The van der Waals surface area contributed by atoms with Crippen molar-refractivity contribution in [3.63, 3.8) is 0 Å². The molecule has 0 fully saturated rings. The van der Waals surface area contributed by atoms with Gasteiger partial charge in [-0.05, 0) is 30.7 Å². The lowest BCUT2D eigenvalue weighted by Crippen LogP contribution is -2.12. The molecule has 2 rings (SSSR count). The fourth-order valence-corrected chi connectivity index (χ4v) is 2.75. The topological polar surface area (TPSA) is 43.8 Å². The number of hydrogen-bond donors (Lipinski definition) is 1. The number of aromatic nitrogens is 2. The highest BCUT2D eigenvalue weighted by atomic mass is 35.5. The Morgan fingerprint density at radius 3 is 2.79 bits per heavy atom. The average Bonchev–Trinajstić information content (AvgIpc) is 2.87. The van der Waals surface area contributed by atoms with Gasteiger partial charge < -0.3 is 5.73 Å². The molecule has 0 bridgehead atoms. The first-order valence-electron chi connectivity index (χ1n) is 6.35. The second-order valence-corrected chi connectivity index (χ2v) is 5.94. The number of benzene rings is 1. The van der Waals surface area contributed by atoms with Crippen LogP contribution in [0.5, 0.6) is 0 Å². The van der Waals surface area contributed by atoms with Crippen LogP contribution in [0.4, 0.5) is 0 Å². The van der Waals surface area contributed by atoms with Gasteiger partial charge in [-0.15, -0.1) is 11.8 Å². The highest BCUT2D eigenvalue weighted by Gasteiger charge is 2.09. The van der Waals surface area contributed by atoms with E-state index >= 15 is 0 Å². The van der Waals surface area contributed by atoms with E-state index in [2.05, 4.69) is 12.0 Å². The van der Waals surface area contributed by atoms with Gasteiger partial charge in [0.15, 0.2) is 0 Å². The van der Waals surface area contributed by atoms with Crippen LogP contribution in [-0.2, 0) is 6.54 Å². The normalized spacial score (nSPS) is 12.6. The summed E-state index contributed by atoms with van der Waals surface area (Å²) in [5, 5.41) is 5.06. The average molecular weight is 296 g/mol. The molecule has 1 aromatic carbocycles. The Hall–Kier alpha value is -0.970. The fourth-order valence-electron chi connectivity index (χ4n) is 1.74. The maximum Gasteiger partial charge on any atom is 0.0537 e. The first-order chi connectivity index (χ1) is 9.19. The summed E-state index contributed by atoms with van der Waals surface area (Å²) in [5.41, 5.74) is 7.27. The number of nitrogens with two attached hydrogens (primary N) is 1. The number of halogens is 1. The van der Waals surface area contributed by atoms with E-state index in [1.54, 1.807) is 11.8 Å². The van der Waals surface area contributed by atoms with Gasteiger partial charge in [0.25, 0.3) is 0 Å². The quantitative estimate of drug-likeness (QED) is 0.826. The van der Waals surface area contributed by atoms with Gasteiger partial charge in [-0.1, -0.05) is 18.5 Å². The van der Waals surface area contributed by atoms with Gasteiger partial charge >= 0.3 is 0 Å². The van der Waals surface area contributed by atoms with Gasteiger partial charge in [0.2, 0.25) is 0 Å². The summed E-state index contributed by atoms with van der Waals surface area (Å²) in [7, 11) is 0. The van der Waals surface area contributed by atoms with Crippen molar-refractivity contribution in [2.45, 2.75) is 30.8 Å². The van der Waals surface area contributed by atoms with Gasteiger partial charge in [0, 0.05) is 40.0 Å². The van der Waals surface area contributed by atoms with Crippen LogP contribution in [0, 0.1) is 0 Å². The molecule has 0 aliphatic rings. The Labute approximate surface area is 123 Å². The van der Waals surface area contributed by atoms with E-state index in [1.807, 2.05) is 41.3 Å². The van der Waals surface area contributed by atoms with Crippen LogP contribution in [0.3, 0.4) is 0 Å². The summed E-state index contributed by atoms with van der Waals surface area (Å²) in [5.74, 6) is 0.833. The number of hydrogen-bond acceptors (Lipinski definition) is 3. The molecule has 5 heteroatoms. The highest BCUT2D eigenvalue weighted by molar-refractivity contribution is 7.99. The fraction of sp³-hybridized carbons (Fsp3) is 0.357. The molecule has 2 N–H and O–H groups in total. The minimum atomic E-state index is 0.00582. The van der Waals surface area contributed by atoms with Gasteiger partial charge in [0.1, 0.15) is 0 Å². The molecule has 1 heterocycles. The molecule has 102 valence electrons. The van der Waals surface area contributed by atoms with Gasteiger partial charge in [0.05, 0.1) is 6.20 Å². The van der Waals surface area contributed by atoms with Crippen LogP contribution in [0.2, 0.25) is 5.02 Å². The Kier molecular flexibility index (Phi) is 5.31. The molecule has 0 saturated heterocycles. The lowest BCUT2D eigenvalue weighted by Gasteiger charge is -2.09. The van der Waals surface area contributed by atoms with E-state index in [1.165, 1.54) is 4.90 Å².